The number of methoxy groups -OCH3 is 1. The fourth-order valence-corrected chi connectivity index (χ4v) is 2.93. The van der Waals surface area contributed by atoms with Crippen LogP contribution in [0.5, 0.6) is 5.75 Å². The lowest BCUT2D eigenvalue weighted by atomic mass is 9.95. The number of hydrogen-bond donors (Lipinski definition) is 1. The molecule has 0 radical (unpaired) electrons. The third-order valence-corrected chi connectivity index (χ3v) is 4.52. The Balaban J connectivity index is 1.94. The highest BCUT2D eigenvalue weighted by Crippen LogP contribution is 2.34. The molecule has 1 amide bonds. The molecule has 0 heterocycles. The second-order valence-corrected chi connectivity index (χ2v) is 6.31. The van der Waals surface area contributed by atoms with Crippen molar-refractivity contribution in [3.63, 3.8) is 0 Å². The Morgan fingerprint density at radius 2 is 2.00 bits per heavy atom. The molecule has 126 valence electrons. The molecule has 0 aliphatic heterocycles. The van der Waals surface area contributed by atoms with Gasteiger partial charge in [-0.2, -0.15) is 0 Å². The van der Waals surface area contributed by atoms with Gasteiger partial charge in [-0.25, -0.2) is 0 Å². The molecule has 0 atom stereocenters. The summed E-state index contributed by atoms with van der Waals surface area (Å²) in [7, 11) is 1.65. The van der Waals surface area contributed by atoms with Crippen molar-refractivity contribution in [2.24, 2.45) is 5.92 Å². The van der Waals surface area contributed by atoms with Gasteiger partial charge in [0.2, 0.25) is 5.91 Å². The Morgan fingerprint density at radius 3 is 2.67 bits per heavy atom. The average molecular weight is 325 g/mol. The number of ketones is 1. The highest BCUT2D eigenvalue weighted by molar-refractivity contribution is 6.03. The number of carbonyl (C=O) groups is 2. The molecule has 2 aromatic carbocycles. The molecule has 1 N–H and O–H groups in total. The molecular formula is C20H23NO3. The first-order valence-electron chi connectivity index (χ1n) is 8.54. The van der Waals surface area contributed by atoms with Gasteiger partial charge >= 0.3 is 0 Å². The van der Waals surface area contributed by atoms with E-state index in [0.717, 1.165) is 40.5 Å². The molecule has 0 unspecified atom stereocenters. The summed E-state index contributed by atoms with van der Waals surface area (Å²) in [5.74, 6) is 1.28. The zero-order valence-electron chi connectivity index (χ0n) is 14.2. The maximum Gasteiger partial charge on any atom is 0.219 e. The standard InChI is InChI=1S/C20H23NO3/c1-3-19(22)21-9-8-15-11-16(20(23)13-4-5-13)10-14-6-7-17(24-2)12-18(14)15/h6-7,10-13H,3-5,8-9H2,1-2H3,(H,21,22). The Labute approximate surface area is 142 Å². The summed E-state index contributed by atoms with van der Waals surface area (Å²) in [6.45, 7) is 2.41. The molecule has 0 aromatic heterocycles. The molecule has 4 heteroatoms. The number of nitrogens with one attached hydrogen (secondary N) is 1. The van der Waals surface area contributed by atoms with E-state index in [-0.39, 0.29) is 17.6 Å². The third-order valence-electron chi connectivity index (χ3n) is 4.52. The summed E-state index contributed by atoms with van der Waals surface area (Å²) >= 11 is 0. The van der Waals surface area contributed by atoms with Crippen molar-refractivity contribution in [2.45, 2.75) is 32.6 Å². The van der Waals surface area contributed by atoms with Gasteiger partial charge in [0.15, 0.2) is 5.78 Å². The number of hydrogen-bond acceptors (Lipinski definition) is 3. The minimum absolute atomic E-state index is 0.0436. The number of Topliss-reactive ketones (excluding diaryl/α,β-unsaturated/α-hetero) is 1. The number of ether oxygens (including phenoxy) is 1. The largest absolute Gasteiger partial charge is 0.497 e. The van der Waals surface area contributed by atoms with Gasteiger partial charge in [-0.05, 0) is 59.9 Å². The number of carbonyl (C=O) groups excluding carboxylic acids is 2. The van der Waals surface area contributed by atoms with Crippen molar-refractivity contribution < 1.29 is 14.3 Å². The van der Waals surface area contributed by atoms with Gasteiger partial charge in [-0.15, -0.1) is 0 Å². The first-order chi connectivity index (χ1) is 11.6. The van der Waals surface area contributed by atoms with Crippen molar-refractivity contribution in [3.8, 4) is 5.75 Å². The van der Waals surface area contributed by atoms with Crippen LogP contribution in [0, 0.1) is 5.92 Å². The van der Waals surface area contributed by atoms with Crippen LogP contribution in [-0.4, -0.2) is 25.3 Å². The van der Waals surface area contributed by atoms with Gasteiger partial charge in [0.05, 0.1) is 7.11 Å². The van der Waals surface area contributed by atoms with Crippen molar-refractivity contribution in [2.75, 3.05) is 13.7 Å². The van der Waals surface area contributed by atoms with Gasteiger partial charge in [0, 0.05) is 24.4 Å². The predicted octanol–water partition coefficient (Wildman–Crippen LogP) is 3.51. The van der Waals surface area contributed by atoms with Gasteiger partial charge < -0.3 is 10.1 Å². The number of fused-ring (bicyclic) bond motifs is 1. The van der Waals surface area contributed by atoms with E-state index in [1.54, 1.807) is 7.11 Å². The minimum Gasteiger partial charge on any atom is -0.497 e. The van der Waals surface area contributed by atoms with Crippen LogP contribution in [-0.2, 0) is 11.2 Å². The van der Waals surface area contributed by atoms with Crippen LogP contribution >= 0.6 is 0 Å². The summed E-state index contributed by atoms with van der Waals surface area (Å²) in [6, 6.07) is 9.87. The van der Waals surface area contributed by atoms with E-state index in [1.165, 1.54) is 0 Å². The molecule has 1 aliphatic rings. The maximum absolute atomic E-state index is 12.5. The predicted molar refractivity (Wildman–Crippen MR) is 94.6 cm³/mol. The highest BCUT2D eigenvalue weighted by Gasteiger charge is 2.30. The zero-order valence-corrected chi connectivity index (χ0v) is 14.2. The van der Waals surface area contributed by atoms with Crippen LogP contribution in [0.4, 0.5) is 0 Å². The molecule has 0 saturated heterocycles. The molecule has 1 fully saturated rings. The first-order valence-corrected chi connectivity index (χ1v) is 8.54. The topological polar surface area (TPSA) is 55.4 Å². The monoisotopic (exact) mass is 325 g/mol. The second-order valence-electron chi connectivity index (χ2n) is 6.31. The van der Waals surface area contributed by atoms with E-state index >= 15 is 0 Å². The lowest BCUT2D eigenvalue weighted by molar-refractivity contribution is -0.120. The smallest absolute Gasteiger partial charge is 0.219 e. The first kappa shape index (κ1) is 16.5. The summed E-state index contributed by atoms with van der Waals surface area (Å²) in [5, 5.41) is 5.02. The number of amides is 1. The van der Waals surface area contributed by atoms with Crippen molar-refractivity contribution in [1.82, 2.24) is 5.32 Å². The third kappa shape index (κ3) is 3.58. The van der Waals surface area contributed by atoms with Gasteiger partial charge in [0.1, 0.15) is 5.75 Å². The fourth-order valence-electron chi connectivity index (χ4n) is 2.93. The van der Waals surface area contributed by atoms with Crippen molar-refractivity contribution in [3.05, 3.63) is 41.5 Å². The minimum atomic E-state index is 0.0436. The maximum atomic E-state index is 12.5. The molecule has 0 bridgehead atoms. The van der Waals surface area contributed by atoms with E-state index in [0.29, 0.717) is 19.4 Å². The Bertz CT molecular complexity index is 778. The van der Waals surface area contributed by atoms with E-state index < -0.39 is 0 Å². The lowest BCUT2D eigenvalue weighted by Crippen LogP contribution is -2.24. The number of rotatable bonds is 7. The van der Waals surface area contributed by atoms with Crippen LogP contribution in [0.3, 0.4) is 0 Å². The molecular weight excluding hydrogens is 302 g/mol. The summed E-state index contributed by atoms with van der Waals surface area (Å²) < 4.78 is 5.33. The SMILES string of the molecule is CCC(=O)NCCc1cc(C(=O)C2CC2)cc2ccc(OC)cc12. The molecule has 24 heavy (non-hydrogen) atoms. The Morgan fingerprint density at radius 1 is 1.21 bits per heavy atom. The average Bonchev–Trinajstić information content (AvgIpc) is 3.45. The van der Waals surface area contributed by atoms with Crippen LogP contribution < -0.4 is 10.1 Å². The van der Waals surface area contributed by atoms with E-state index in [1.807, 2.05) is 37.3 Å². The quantitative estimate of drug-likeness (QED) is 0.793. The molecule has 4 nitrogen and oxygen atoms in total. The van der Waals surface area contributed by atoms with Crippen molar-refractivity contribution in [1.29, 1.82) is 0 Å². The molecule has 1 aliphatic carbocycles. The number of benzene rings is 2. The van der Waals surface area contributed by atoms with Gasteiger partial charge in [-0.3, -0.25) is 9.59 Å². The zero-order chi connectivity index (χ0) is 17.1. The summed E-state index contributed by atoms with van der Waals surface area (Å²) in [4.78, 5) is 23.9. The normalized spacial score (nSPS) is 13.8. The fraction of sp³-hybridized carbons (Fsp3) is 0.400. The van der Waals surface area contributed by atoms with Gasteiger partial charge in [0.25, 0.3) is 0 Å². The van der Waals surface area contributed by atoms with Crippen molar-refractivity contribution >= 4 is 22.5 Å². The van der Waals surface area contributed by atoms with Gasteiger partial charge in [-0.1, -0.05) is 13.0 Å². The van der Waals surface area contributed by atoms with Crippen LogP contribution in [0.15, 0.2) is 30.3 Å². The van der Waals surface area contributed by atoms with E-state index in [4.69, 9.17) is 4.74 Å². The van der Waals surface area contributed by atoms with Crippen LogP contribution in [0.25, 0.3) is 10.8 Å². The summed E-state index contributed by atoms with van der Waals surface area (Å²) in [6.07, 6.45) is 3.18. The molecule has 0 spiro atoms. The van der Waals surface area contributed by atoms with E-state index in [2.05, 4.69) is 5.32 Å². The lowest BCUT2D eigenvalue weighted by Gasteiger charge is -2.12. The summed E-state index contributed by atoms with van der Waals surface area (Å²) in [5.41, 5.74) is 1.86. The second kappa shape index (κ2) is 7.04. The highest BCUT2D eigenvalue weighted by atomic mass is 16.5. The van der Waals surface area contributed by atoms with E-state index in [9.17, 15) is 9.59 Å². The van der Waals surface area contributed by atoms with Crippen LogP contribution in [0.1, 0.15) is 42.1 Å². The molecule has 3 rings (SSSR count). The molecule has 2 aromatic rings. The molecule has 1 saturated carbocycles. The Kier molecular flexibility index (Phi) is 4.84. The van der Waals surface area contributed by atoms with Crippen LogP contribution in [0.2, 0.25) is 0 Å². The Hall–Kier alpha value is -2.36.